The SMILES string of the molecule is CCCC/C(I)=C(/C(=C(\I)CCCC)c1c(F)c(F)c(F)c(F)c1F)c1c(F)c(F)c(F)c(F)c1F. The first kappa shape index (κ1) is 30.9. The zero-order chi connectivity index (χ0) is 27.5. The second kappa shape index (κ2) is 13.0. The lowest BCUT2D eigenvalue weighted by atomic mass is 9.88. The first-order valence-electron chi connectivity index (χ1n) is 10.6. The molecule has 0 nitrogen and oxygen atoms in total. The molecule has 0 atom stereocenters. The number of unbranched alkanes of at least 4 members (excludes halogenated alkanes) is 2. The van der Waals surface area contributed by atoms with Gasteiger partial charge in [-0.2, -0.15) is 0 Å². The van der Waals surface area contributed by atoms with Crippen LogP contribution in [0.25, 0.3) is 11.1 Å². The quantitative estimate of drug-likeness (QED) is 0.0788. The lowest BCUT2D eigenvalue weighted by molar-refractivity contribution is 0.375. The van der Waals surface area contributed by atoms with Crippen LogP contribution in [0.3, 0.4) is 0 Å². The summed E-state index contributed by atoms with van der Waals surface area (Å²) in [5.74, 6) is -23.4. The molecule has 0 saturated heterocycles. The Morgan fingerprint density at radius 1 is 0.444 bits per heavy atom. The standard InChI is InChI=1S/C24H18F10I2/c1-3-5-7-9(35)11(13-15(25)19(29)23(33)20(30)16(13)26)12(10(36)8-6-4-2)14-17(27)21(31)24(34)22(32)18(14)28/h3-8H2,1-2H3/b11-9+,12-10+. The Morgan fingerprint density at radius 2 is 0.667 bits per heavy atom. The van der Waals surface area contributed by atoms with Crippen molar-refractivity contribution in [1.82, 2.24) is 0 Å². The Labute approximate surface area is 228 Å². The van der Waals surface area contributed by atoms with Gasteiger partial charge in [0, 0.05) is 11.1 Å². The van der Waals surface area contributed by atoms with Crippen molar-refractivity contribution in [2.75, 3.05) is 0 Å². The van der Waals surface area contributed by atoms with Crippen molar-refractivity contribution < 1.29 is 43.9 Å². The van der Waals surface area contributed by atoms with E-state index in [1.807, 2.05) is 0 Å². The number of rotatable bonds is 9. The summed E-state index contributed by atoms with van der Waals surface area (Å²) >= 11 is 3.04. The Balaban J connectivity index is 3.20. The number of halogens is 12. The fourth-order valence-corrected chi connectivity index (χ4v) is 5.20. The third-order valence-electron chi connectivity index (χ3n) is 5.21. The van der Waals surface area contributed by atoms with Crippen LogP contribution in [0.4, 0.5) is 43.9 Å². The zero-order valence-electron chi connectivity index (χ0n) is 18.8. The van der Waals surface area contributed by atoms with Gasteiger partial charge in [0.2, 0.25) is 11.6 Å². The third-order valence-corrected chi connectivity index (χ3v) is 7.37. The van der Waals surface area contributed by atoms with E-state index < -0.39 is 80.4 Å². The van der Waals surface area contributed by atoms with E-state index in [1.165, 1.54) is 45.2 Å². The van der Waals surface area contributed by atoms with Gasteiger partial charge in [0.25, 0.3) is 0 Å². The maximum atomic E-state index is 15.0. The molecule has 0 fully saturated rings. The van der Waals surface area contributed by atoms with Gasteiger partial charge in [-0.3, -0.25) is 0 Å². The van der Waals surface area contributed by atoms with Crippen LogP contribution in [0.1, 0.15) is 63.5 Å². The Kier molecular flexibility index (Phi) is 11.1. The van der Waals surface area contributed by atoms with E-state index in [9.17, 15) is 43.9 Å². The Bertz CT molecular complexity index is 1080. The summed E-state index contributed by atoms with van der Waals surface area (Å²) in [4.78, 5) is 0. The van der Waals surface area contributed by atoms with E-state index in [0.29, 0.717) is 25.7 Å². The van der Waals surface area contributed by atoms with Crippen LogP contribution in [0.5, 0.6) is 0 Å². The van der Waals surface area contributed by atoms with Crippen molar-refractivity contribution in [3.63, 3.8) is 0 Å². The van der Waals surface area contributed by atoms with Crippen LogP contribution in [0.15, 0.2) is 7.16 Å². The van der Waals surface area contributed by atoms with Crippen molar-refractivity contribution in [1.29, 1.82) is 0 Å². The number of hydrogen-bond donors (Lipinski definition) is 0. The summed E-state index contributed by atoms with van der Waals surface area (Å²) < 4.78 is 144. The molecule has 0 spiro atoms. The van der Waals surface area contributed by atoms with Gasteiger partial charge in [-0.15, -0.1) is 0 Å². The third kappa shape index (κ3) is 5.88. The van der Waals surface area contributed by atoms with Crippen molar-refractivity contribution >= 4 is 56.3 Å². The van der Waals surface area contributed by atoms with E-state index in [4.69, 9.17) is 0 Å². The van der Waals surface area contributed by atoms with Crippen molar-refractivity contribution in [3.05, 3.63) is 76.5 Å². The minimum atomic E-state index is -2.46. The fraction of sp³-hybridized carbons (Fsp3) is 0.333. The van der Waals surface area contributed by atoms with Gasteiger partial charge in [0.1, 0.15) is 0 Å². The van der Waals surface area contributed by atoms with Crippen LogP contribution in [0.2, 0.25) is 0 Å². The lowest BCUT2D eigenvalue weighted by Crippen LogP contribution is -2.12. The van der Waals surface area contributed by atoms with Gasteiger partial charge in [-0.05, 0) is 78.0 Å². The minimum absolute atomic E-state index is 0.0392. The topological polar surface area (TPSA) is 0 Å². The van der Waals surface area contributed by atoms with Gasteiger partial charge >= 0.3 is 0 Å². The molecule has 198 valence electrons. The molecule has 0 aromatic heterocycles. The number of hydrogen-bond acceptors (Lipinski definition) is 0. The molecule has 0 aliphatic rings. The highest BCUT2D eigenvalue weighted by Gasteiger charge is 2.36. The second-order valence-corrected chi connectivity index (χ2v) is 10.3. The van der Waals surface area contributed by atoms with E-state index in [0.717, 1.165) is 0 Å². The predicted molar refractivity (Wildman–Crippen MR) is 133 cm³/mol. The number of allylic oxidation sites excluding steroid dienone is 4. The molecule has 36 heavy (non-hydrogen) atoms. The summed E-state index contributed by atoms with van der Waals surface area (Å²) in [7, 11) is 0. The van der Waals surface area contributed by atoms with E-state index in [1.54, 1.807) is 13.8 Å². The van der Waals surface area contributed by atoms with Gasteiger partial charge < -0.3 is 0 Å². The minimum Gasteiger partial charge on any atom is -0.203 e. The molecule has 0 aliphatic heterocycles. The van der Waals surface area contributed by atoms with E-state index >= 15 is 0 Å². The molecule has 0 radical (unpaired) electrons. The molecule has 0 amide bonds. The summed E-state index contributed by atoms with van der Waals surface area (Å²) in [6.07, 6.45) is 1.59. The van der Waals surface area contributed by atoms with Crippen LogP contribution < -0.4 is 0 Å². The van der Waals surface area contributed by atoms with Crippen molar-refractivity contribution in [2.24, 2.45) is 0 Å². The van der Waals surface area contributed by atoms with Gasteiger partial charge in [0.15, 0.2) is 46.5 Å². The molecule has 2 rings (SSSR count). The highest BCUT2D eigenvalue weighted by atomic mass is 127. The first-order chi connectivity index (χ1) is 16.8. The summed E-state index contributed by atoms with van der Waals surface area (Å²) in [5, 5.41) is 0. The molecule has 0 aliphatic carbocycles. The molecular weight excluding hydrogens is 732 g/mol. The Morgan fingerprint density at radius 3 is 0.889 bits per heavy atom. The van der Waals surface area contributed by atoms with E-state index in [2.05, 4.69) is 0 Å². The molecule has 0 bridgehead atoms. The maximum absolute atomic E-state index is 15.0. The summed E-state index contributed by atoms with van der Waals surface area (Å²) in [5.41, 5.74) is -4.70. The highest BCUT2D eigenvalue weighted by Crippen LogP contribution is 2.47. The van der Waals surface area contributed by atoms with Crippen LogP contribution >= 0.6 is 45.2 Å². The number of benzene rings is 2. The molecular formula is C24H18F10I2. The molecule has 0 saturated carbocycles. The average molecular weight is 750 g/mol. The molecule has 12 heteroatoms. The fourth-order valence-electron chi connectivity index (χ4n) is 3.36. The lowest BCUT2D eigenvalue weighted by Gasteiger charge is -2.22. The van der Waals surface area contributed by atoms with Crippen LogP contribution in [-0.2, 0) is 0 Å². The highest BCUT2D eigenvalue weighted by molar-refractivity contribution is 14.1. The molecule has 0 unspecified atom stereocenters. The summed E-state index contributed by atoms with van der Waals surface area (Å²) in [6, 6.07) is 0. The van der Waals surface area contributed by atoms with E-state index in [-0.39, 0.29) is 20.0 Å². The summed E-state index contributed by atoms with van der Waals surface area (Å²) in [6.45, 7) is 3.46. The molecule has 0 heterocycles. The first-order valence-corrected chi connectivity index (χ1v) is 12.8. The van der Waals surface area contributed by atoms with Crippen LogP contribution in [0, 0.1) is 58.2 Å². The normalized spacial score (nSPS) is 13.2. The molecule has 2 aromatic carbocycles. The van der Waals surface area contributed by atoms with Crippen LogP contribution in [-0.4, -0.2) is 0 Å². The predicted octanol–water partition coefficient (Wildman–Crippen LogP) is 10.5. The molecule has 2 aromatic rings. The average Bonchev–Trinajstić information content (AvgIpc) is 2.86. The smallest absolute Gasteiger partial charge is 0.200 e. The maximum Gasteiger partial charge on any atom is 0.200 e. The monoisotopic (exact) mass is 750 g/mol. The van der Waals surface area contributed by atoms with Gasteiger partial charge in [-0.1, -0.05) is 26.7 Å². The van der Waals surface area contributed by atoms with Gasteiger partial charge in [-0.25, -0.2) is 43.9 Å². The largest absolute Gasteiger partial charge is 0.203 e. The zero-order valence-corrected chi connectivity index (χ0v) is 23.1. The Hall–Kier alpha value is -1.32. The molecule has 0 N–H and O–H groups in total. The second-order valence-electron chi connectivity index (χ2n) is 7.66. The van der Waals surface area contributed by atoms with Crippen molar-refractivity contribution in [3.8, 4) is 0 Å². The van der Waals surface area contributed by atoms with Gasteiger partial charge in [0.05, 0.1) is 11.1 Å². The van der Waals surface area contributed by atoms with Crippen molar-refractivity contribution in [2.45, 2.75) is 52.4 Å².